The Balaban J connectivity index is 1.48. The lowest BCUT2D eigenvalue weighted by atomic mass is 10.0. The van der Waals surface area contributed by atoms with Crippen LogP contribution in [0.2, 0.25) is 0 Å². The van der Waals surface area contributed by atoms with E-state index in [2.05, 4.69) is 19.9 Å². The van der Waals surface area contributed by atoms with E-state index in [9.17, 15) is 14.0 Å². The highest BCUT2D eigenvalue weighted by Crippen LogP contribution is 2.31. The van der Waals surface area contributed by atoms with Gasteiger partial charge in [0.05, 0.1) is 23.9 Å². The number of pyridine rings is 2. The van der Waals surface area contributed by atoms with E-state index in [1.54, 1.807) is 28.3 Å². The Morgan fingerprint density at radius 2 is 1.67 bits per heavy atom. The number of fused-ring (bicyclic) bond motifs is 1. The minimum atomic E-state index is -0.556. The van der Waals surface area contributed by atoms with Crippen molar-refractivity contribution in [3.8, 4) is 28.3 Å². The molecule has 3 aromatic heterocycles. The van der Waals surface area contributed by atoms with Crippen molar-refractivity contribution in [2.75, 3.05) is 33.3 Å². The fourth-order valence-corrected chi connectivity index (χ4v) is 4.29. The van der Waals surface area contributed by atoms with Crippen molar-refractivity contribution in [2.24, 2.45) is 0 Å². The molecule has 1 aliphatic heterocycles. The van der Waals surface area contributed by atoms with Gasteiger partial charge in [0, 0.05) is 68.2 Å². The molecule has 0 atom stereocenters. The summed E-state index contributed by atoms with van der Waals surface area (Å²) in [7, 11) is 1.36. The van der Waals surface area contributed by atoms with Crippen LogP contribution in [-0.2, 0) is 4.79 Å². The standard InChI is InChI=1S/C26H23FN6O3/c1-16(34)32-5-7-33(8-6-32)26(35)20-9-19(12-28-13-20)24-21-10-17(3-4-23(21)30-15-31-24)18-11-22(27)25(36-2)29-14-18/h3-4,9-15H,5-8H2,1-2H3. The second-order valence-corrected chi connectivity index (χ2v) is 8.43. The van der Waals surface area contributed by atoms with Gasteiger partial charge in [-0.25, -0.2) is 19.3 Å². The van der Waals surface area contributed by atoms with Gasteiger partial charge in [-0.3, -0.25) is 14.6 Å². The Hall–Kier alpha value is -4.47. The van der Waals surface area contributed by atoms with Crippen molar-refractivity contribution >= 4 is 22.7 Å². The highest BCUT2D eigenvalue weighted by Gasteiger charge is 2.24. The first-order chi connectivity index (χ1) is 17.4. The molecule has 4 aromatic rings. The zero-order valence-corrected chi connectivity index (χ0v) is 19.8. The number of carbonyl (C=O) groups excluding carboxylic acids is 2. The third-order valence-corrected chi connectivity index (χ3v) is 6.24. The van der Waals surface area contributed by atoms with E-state index >= 15 is 0 Å². The molecule has 9 nitrogen and oxygen atoms in total. The van der Waals surface area contributed by atoms with Gasteiger partial charge in [-0.2, -0.15) is 0 Å². The van der Waals surface area contributed by atoms with Crippen LogP contribution in [0.4, 0.5) is 4.39 Å². The third-order valence-electron chi connectivity index (χ3n) is 6.24. The summed E-state index contributed by atoms with van der Waals surface area (Å²) in [5.74, 6) is -0.765. The maximum atomic E-state index is 14.3. The van der Waals surface area contributed by atoms with E-state index in [0.29, 0.717) is 54.1 Å². The van der Waals surface area contributed by atoms with Gasteiger partial charge < -0.3 is 14.5 Å². The van der Waals surface area contributed by atoms with Gasteiger partial charge in [0.1, 0.15) is 6.33 Å². The number of rotatable bonds is 4. The summed E-state index contributed by atoms with van der Waals surface area (Å²) in [5.41, 5.74) is 3.71. The van der Waals surface area contributed by atoms with Crippen LogP contribution in [0.25, 0.3) is 33.3 Å². The molecule has 1 aromatic carbocycles. The molecule has 2 amide bonds. The lowest BCUT2D eigenvalue weighted by molar-refractivity contribution is -0.130. The predicted molar refractivity (Wildman–Crippen MR) is 131 cm³/mol. The van der Waals surface area contributed by atoms with Gasteiger partial charge >= 0.3 is 0 Å². The van der Waals surface area contributed by atoms with Crippen molar-refractivity contribution in [3.63, 3.8) is 0 Å². The molecule has 0 radical (unpaired) electrons. The van der Waals surface area contributed by atoms with E-state index < -0.39 is 5.82 Å². The maximum Gasteiger partial charge on any atom is 0.255 e. The SMILES string of the molecule is COc1ncc(-c2ccc3ncnc(-c4cncc(C(=O)N5CCN(C(C)=O)CC5)c4)c3c2)cc1F. The molecule has 5 rings (SSSR count). The second kappa shape index (κ2) is 9.65. The Morgan fingerprint density at radius 1 is 0.889 bits per heavy atom. The van der Waals surface area contributed by atoms with Crippen LogP contribution in [-0.4, -0.2) is 74.8 Å². The zero-order valence-electron chi connectivity index (χ0n) is 19.8. The second-order valence-electron chi connectivity index (χ2n) is 8.43. The highest BCUT2D eigenvalue weighted by atomic mass is 19.1. The van der Waals surface area contributed by atoms with Crippen LogP contribution in [0.3, 0.4) is 0 Å². The molecule has 182 valence electrons. The van der Waals surface area contributed by atoms with Gasteiger partial charge in [-0.1, -0.05) is 6.07 Å². The van der Waals surface area contributed by atoms with Crippen LogP contribution in [0.15, 0.2) is 55.2 Å². The Bertz CT molecular complexity index is 1470. The molecule has 36 heavy (non-hydrogen) atoms. The normalized spacial score (nSPS) is 13.6. The molecule has 0 spiro atoms. The minimum absolute atomic E-state index is 0.00827. The third kappa shape index (κ3) is 4.45. The Labute approximate surface area is 206 Å². The fourth-order valence-electron chi connectivity index (χ4n) is 4.29. The van der Waals surface area contributed by atoms with E-state index in [1.807, 2.05) is 18.2 Å². The molecule has 1 saturated heterocycles. The molecule has 0 saturated carbocycles. The smallest absolute Gasteiger partial charge is 0.255 e. The summed E-state index contributed by atoms with van der Waals surface area (Å²) in [6.07, 6.45) is 6.18. The van der Waals surface area contributed by atoms with Gasteiger partial charge in [-0.15, -0.1) is 0 Å². The lowest BCUT2D eigenvalue weighted by Crippen LogP contribution is -2.50. The van der Waals surface area contributed by atoms with Gasteiger partial charge in [-0.05, 0) is 29.8 Å². The molecule has 1 aliphatic rings. The van der Waals surface area contributed by atoms with Crippen LogP contribution in [0.1, 0.15) is 17.3 Å². The molecule has 0 unspecified atom stereocenters. The Morgan fingerprint density at radius 3 is 2.39 bits per heavy atom. The predicted octanol–water partition coefficient (Wildman–Crippen LogP) is 3.21. The van der Waals surface area contributed by atoms with Crippen molar-refractivity contribution in [1.82, 2.24) is 29.7 Å². The van der Waals surface area contributed by atoms with Gasteiger partial charge in [0.2, 0.25) is 11.8 Å². The average Bonchev–Trinajstić information content (AvgIpc) is 2.92. The minimum Gasteiger partial charge on any atom is -0.479 e. The van der Waals surface area contributed by atoms with Crippen molar-refractivity contribution in [3.05, 3.63) is 66.6 Å². The summed E-state index contributed by atoms with van der Waals surface area (Å²) in [6.45, 7) is 3.48. The molecular weight excluding hydrogens is 463 g/mol. The van der Waals surface area contributed by atoms with Crippen LogP contribution >= 0.6 is 0 Å². The molecule has 4 heterocycles. The summed E-state index contributed by atoms with van der Waals surface area (Å²) < 4.78 is 19.2. The molecule has 0 N–H and O–H groups in total. The molecule has 0 bridgehead atoms. The number of methoxy groups -OCH3 is 1. The number of ether oxygens (including phenoxy) is 1. The van der Waals surface area contributed by atoms with Crippen LogP contribution < -0.4 is 4.74 Å². The van der Waals surface area contributed by atoms with Crippen molar-refractivity contribution < 1.29 is 18.7 Å². The zero-order chi connectivity index (χ0) is 25.2. The number of piperazine rings is 1. The summed E-state index contributed by atoms with van der Waals surface area (Å²) >= 11 is 0. The first-order valence-electron chi connectivity index (χ1n) is 11.4. The molecule has 10 heteroatoms. The monoisotopic (exact) mass is 486 g/mol. The average molecular weight is 487 g/mol. The van der Waals surface area contributed by atoms with E-state index in [0.717, 1.165) is 10.9 Å². The van der Waals surface area contributed by atoms with Crippen molar-refractivity contribution in [2.45, 2.75) is 6.92 Å². The first kappa shape index (κ1) is 23.3. The van der Waals surface area contributed by atoms with Crippen LogP contribution in [0.5, 0.6) is 5.88 Å². The maximum absolute atomic E-state index is 14.3. The van der Waals surface area contributed by atoms with Crippen molar-refractivity contribution in [1.29, 1.82) is 0 Å². The van der Waals surface area contributed by atoms with Crippen LogP contribution in [0, 0.1) is 5.82 Å². The number of amides is 2. The molecule has 1 fully saturated rings. The quantitative estimate of drug-likeness (QED) is 0.437. The first-order valence-corrected chi connectivity index (χ1v) is 11.4. The fraction of sp³-hybridized carbons (Fsp3) is 0.231. The largest absolute Gasteiger partial charge is 0.479 e. The van der Waals surface area contributed by atoms with E-state index in [4.69, 9.17) is 4.74 Å². The number of hydrogen-bond acceptors (Lipinski definition) is 7. The summed E-state index contributed by atoms with van der Waals surface area (Å²) in [4.78, 5) is 45.3. The number of halogens is 1. The lowest BCUT2D eigenvalue weighted by Gasteiger charge is -2.34. The summed E-state index contributed by atoms with van der Waals surface area (Å²) in [5, 5.41) is 0.729. The van der Waals surface area contributed by atoms with Gasteiger partial charge in [0.25, 0.3) is 5.91 Å². The topological polar surface area (TPSA) is 101 Å². The molecular formula is C26H23FN6O3. The number of hydrogen-bond donors (Lipinski definition) is 0. The van der Waals surface area contributed by atoms with E-state index in [-0.39, 0.29) is 17.7 Å². The highest BCUT2D eigenvalue weighted by molar-refractivity contribution is 5.98. The number of carbonyl (C=O) groups is 2. The summed E-state index contributed by atoms with van der Waals surface area (Å²) in [6, 6.07) is 8.65. The number of benzene rings is 1. The van der Waals surface area contributed by atoms with E-state index in [1.165, 1.54) is 32.6 Å². The number of nitrogens with zero attached hydrogens (tertiary/aromatic N) is 6. The number of aromatic nitrogens is 4. The Kier molecular flexibility index (Phi) is 6.24. The molecule has 0 aliphatic carbocycles. The van der Waals surface area contributed by atoms with Gasteiger partial charge in [0.15, 0.2) is 5.82 Å².